The molecule has 0 heterocycles. The van der Waals surface area contributed by atoms with Crippen LogP contribution >= 0.6 is 0 Å². The van der Waals surface area contributed by atoms with Gasteiger partial charge in [-0.2, -0.15) is 0 Å². The Hall–Kier alpha value is -0.570. The van der Waals surface area contributed by atoms with E-state index in [0.717, 1.165) is 19.5 Å². The largest absolute Gasteiger partial charge is 0.480 e. The second kappa shape index (κ2) is 6.00. The van der Waals surface area contributed by atoms with Crippen molar-refractivity contribution in [2.24, 2.45) is 5.92 Å². The van der Waals surface area contributed by atoms with Crippen LogP contribution in [0.15, 0.2) is 0 Å². The molecular formula is C9H19NO2. The van der Waals surface area contributed by atoms with Gasteiger partial charge in [-0.05, 0) is 25.4 Å². The summed E-state index contributed by atoms with van der Waals surface area (Å²) in [5.41, 5.74) is 0. The van der Waals surface area contributed by atoms with Gasteiger partial charge in [-0.1, -0.05) is 20.8 Å². The molecule has 72 valence electrons. The highest BCUT2D eigenvalue weighted by molar-refractivity contribution is 5.69. The quantitative estimate of drug-likeness (QED) is 0.660. The fourth-order valence-corrected chi connectivity index (χ4v) is 0.981. The monoisotopic (exact) mass is 173 g/mol. The van der Waals surface area contributed by atoms with Crippen molar-refractivity contribution < 1.29 is 9.90 Å². The van der Waals surface area contributed by atoms with Crippen LogP contribution in [0.4, 0.5) is 0 Å². The van der Waals surface area contributed by atoms with Crippen molar-refractivity contribution in [3.8, 4) is 0 Å². The molecule has 0 fully saturated rings. The van der Waals surface area contributed by atoms with Gasteiger partial charge in [0.1, 0.15) is 0 Å². The molecule has 3 nitrogen and oxygen atoms in total. The minimum absolute atomic E-state index is 0.170. The number of carboxylic acid groups (broad SMARTS) is 1. The van der Waals surface area contributed by atoms with Crippen molar-refractivity contribution >= 4 is 5.97 Å². The van der Waals surface area contributed by atoms with E-state index in [9.17, 15) is 4.79 Å². The zero-order chi connectivity index (χ0) is 9.56. The molecule has 0 rings (SSSR count). The van der Waals surface area contributed by atoms with Gasteiger partial charge in [0.2, 0.25) is 0 Å². The Morgan fingerprint density at radius 1 is 1.50 bits per heavy atom. The molecule has 0 saturated carbocycles. The number of carbonyl (C=O) groups is 1. The molecule has 0 spiro atoms. The normalized spacial score (nSPS) is 11.1. The lowest BCUT2D eigenvalue weighted by molar-refractivity contribution is -0.138. The van der Waals surface area contributed by atoms with E-state index in [2.05, 4.69) is 13.8 Å². The van der Waals surface area contributed by atoms with E-state index >= 15 is 0 Å². The van der Waals surface area contributed by atoms with Crippen LogP contribution in [0.1, 0.15) is 27.2 Å². The molecule has 0 radical (unpaired) electrons. The summed E-state index contributed by atoms with van der Waals surface area (Å²) in [5.74, 6) is -0.0894. The van der Waals surface area contributed by atoms with E-state index in [1.165, 1.54) is 0 Å². The number of carboxylic acids is 1. The van der Waals surface area contributed by atoms with Crippen LogP contribution in [0, 0.1) is 5.92 Å². The molecule has 0 bridgehead atoms. The summed E-state index contributed by atoms with van der Waals surface area (Å²) in [6.07, 6.45) is 1.07. The number of hydrogen-bond acceptors (Lipinski definition) is 2. The van der Waals surface area contributed by atoms with Crippen LogP contribution in [-0.2, 0) is 4.79 Å². The molecule has 0 aromatic carbocycles. The Kier molecular flexibility index (Phi) is 5.72. The second-order valence-electron chi connectivity index (χ2n) is 3.45. The highest BCUT2D eigenvalue weighted by atomic mass is 16.4. The Labute approximate surface area is 74.4 Å². The van der Waals surface area contributed by atoms with Crippen molar-refractivity contribution in [3.63, 3.8) is 0 Å². The number of rotatable bonds is 6. The summed E-state index contributed by atoms with van der Waals surface area (Å²) in [6.45, 7) is 8.16. The van der Waals surface area contributed by atoms with Gasteiger partial charge in [-0.3, -0.25) is 9.69 Å². The summed E-state index contributed by atoms with van der Waals surface area (Å²) in [4.78, 5) is 12.3. The van der Waals surface area contributed by atoms with Gasteiger partial charge >= 0.3 is 5.97 Å². The fourth-order valence-electron chi connectivity index (χ4n) is 0.981. The van der Waals surface area contributed by atoms with E-state index in [1.807, 2.05) is 11.8 Å². The lowest BCUT2D eigenvalue weighted by atomic mass is 10.1. The van der Waals surface area contributed by atoms with Crippen LogP contribution in [-0.4, -0.2) is 35.6 Å². The van der Waals surface area contributed by atoms with Crippen LogP contribution in [0.3, 0.4) is 0 Å². The first kappa shape index (κ1) is 11.4. The SMILES string of the molecule is CCN(CCC(C)C)CC(=O)O. The number of aliphatic carboxylic acids is 1. The van der Waals surface area contributed by atoms with E-state index in [0.29, 0.717) is 5.92 Å². The molecule has 0 saturated heterocycles. The molecule has 1 N–H and O–H groups in total. The van der Waals surface area contributed by atoms with Gasteiger partial charge in [-0.15, -0.1) is 0 Å². The van der Waals surface area contributed by atoms with Crippen LogP contribution in [0.2, 0.25) is 0 Å². The van der Waals surface area contributed by atoms with E-state index in [1.54, 1.807) is 0 Å². The standard InChI is InChI=1S/C9H19NO2/c1-4-10(7-9(11)12)6-5-8(2)3/h8H,4-7H2,1-3H3,(H,11,12). The zero-order valence-corrected chi connectivity index (χ0v) is 8.21. The predicted octanol–water partition coefficient (Wildman–Crippen LogP) is 1.44. The summed E-state index contributed by atoms with van der Waals surface area (Å²) in [7, 11) is 0. The molecule has 0 aliphatic carbocycles. The number of nitrogens with zero attached hydrogens (tertiary/aromatic N) is 1. The molecule has 0 amide bonds. The van der Waals surface area contributed by atoms with Crippen molar-refractivity contribution in [3.05, 3.63) is 0 Å². The molecule has 12 heavy (non-hydrogen) atoms. The van der Waals surface area contributed by atoms with Crippen molar-refractivity contribution in [2.45, 2.75) is 27.2 Å². The Morgan fingerprint density at radius 3 is 2.42 bits per heavy atom. The first-order valence-corrected chi connectivity index (χ1v) is 4.50. The maximum Gasteiger partial charge on any atom is 0.317 e. The Morgan fingerprint density at radius 2 is 2.08 bits per heavy atom. The van der Waals surface area contributed by atoms with E-state index in [-0.39, 0.29) is 6.54 Å². The molecule has 0 aromatic rings. The minimum atomic E-state index is -0.736. The smallest absolute Gasteiger partial charge is 0.317 e. The van der Waals surface area contributed by atoms with Crippen LogP contribution < -0.4 is 0 Å². The van der Waals surface area contributed by atoms with Crippen LogP contribution in [0.25, 0.3) is 0 Å². The molecule has 0 atom stereocenters. The maximum absolute atomic E-state index is 10.4. The third-order valence-corrected chi connectivity index (χ3v) is 1.83. The maximum atomic E-state index is 10.4. The van der Waals surface area contributed by atoms with Gasteiger partial charge in [0.05, 0.1) is 6.54 Å². The predicted molar refractivity (Wildman–Crippen MR) is 49.2 cm³/mol. The average Bonchev–Trinajstić information content (AvgIpc) is 1.97. The second-order valence-corrected chi connectivity index (χ2v) is 3.45. The average molecular weight is 173 g/mol. The third kappa shape index (κ3) is 6.16. The van der Waals surface area contributed by atoms with Crippen molar-refractivity contribution in [2.75, 3.05) is 19.6 Å². The highest BCUT2D eigenvalue weighted by Crippen LogP contribution is 2.01. The highest BCUT2D eigenvalue weighted by Gasteiger charge is 2.07. The fraction of sp³-hybridized carbons (Fsp3) is 0.889. The molecule has 0 aromatic heterocycles. The first-order valence-electron chi connectivity index (χ1n) is 4.50. The summed E-state index contributed by atoms with van der Waals surface area (Å²) in [5, 5.41) is 8.54. The summed E-state index contributed by atoms with van der Waals surface area (Å²) in [6, 6.07) is 0. The number of hydrogen-bond donors (Lipinski definition) is 1. The molecule has 3 heteroatoms. The van der Waals surface area contributed by atoms with Crippen molar-refractivity contribution in [1.82, 2.24) is 4.90 Å². The molecular weight excluding hydrogens is 154 g/mol. The van der Waals surface area contributed by atoms with Crippen molar-refractivity contribution in [1.29, 1.82) is 0 Å². The van der Waals surface area contributed by atoms with Gasteiger partial charge in [0.15, 0.2) is 0 Å². The lowest BCUT2D eigenvalue weighted by Gasteiger charge is -2.18. The summed E-state index contributed by atoms with van der Waals surface area (Å²) >= 11 is 0. The number of likely N-dealkylation sites (N-methyl/N-ethyl adjacent to an activating group) is 1. The molecule has 0 aliphatic rings. The summed E-state index contributed by atoms with van der Waals surface area (Å²) < 4.78 is 0. The first-order chi connectivity index (χ1) is 5.56. The topological polar surface area (TPSA) is 40.5 Å². The molecule has 0 unspecified atom stereocenters. The van der Waals surface area contributed by atoms with Gasteiger partial charge in [0.25, 0.3) is 0 Å². The van der Waals surface area contributed by atoms with E-state index < -0.39 is 5.97 Å². The molecule has 0 aliphatic heterocycles. The van der Waals surface area contributed by atoms with Gasteiger partial charge < -0.3 is 5.11 Å². The lowest BCUT2D eigenvalue weighted by Crippen LogP contribution is -2.31. The minimum Gasteiger partial charge on any atom is -0.480 e. The van der Waals surface area contributed by atoms with E-state index in [4.69, 9.17) is 5.11 Å². The van der Waals surface area contributed by atoms with Gasteiger partial charge in [-0.25, -0.2) is 0 Å². The zero-order valence-electron chi connectivity index (χ0n) is 8.21. The third-order valence-electron chi connectivity index (χ3n) is 1.83. The Balaban J connectivity index is 3.60. The van der Waals surface area contributed by atoms with Crippen LogP contribution in [0.5, 0.6) is 0 Å². The Bertz CT molecular complexity index is 134. The van der Waals surface area contributed by atoms with Gasteiger partial charge in [0, 0.05) is 0 Å².